The monoisotopic (exact) mass is 562 g/mol. The maximum atomic E-state index is 10.9. The Morgan fingerprint density at radius 3 is 2.07 bits per heavy atom. The molecule has 0 spiro atoms. The van der Waals surface area contributed by atoms with E-state index in [1.54, 1.807) is 14.2 Å². The van der Waals surface area contributed by atoms with E-state index in [-0.39, 0.29) is 27.6 Å². The number of benzene rings is 2. The molecule has 0 saturated carbocycles. The molecular formula is C18H18F3IO7S. The van der Waals surface area contributed by atoms with Crippen molar-refractivity contribution < 1.29 is 66.7 Å². The molecule has 2 aromatic carbocycles. The molecule has 0 heterocycles. The lowest BCUT2D eigenvalue weighted by Crippen LogP contribution is -3.61. The summed E-state index contributed by atoms with van der Waals surface area (Å²) in [5.74, 6) is 0.644. The number of carboxylic acids is 1. The van der Waals surface area contributed by atoms with Crippen molar-refractivity contribution in [1.29, 1.82) is 0 Å². The molecule has 2 aromatic rings. The molecule has 0 bridgehead atoms. The second-order valence-electron chi connectivity index (χ2n) is 5.64. The van der Waals surface area contributed by atoms with Crippen LogP contribution < -0.4 is 30.7 Å². The predicted molar refractivity (Wildman–Crippen MR) is 95.2 cm³/mol. The van der Waals surface area contributed by atoms with E-state index in [0.717, 1.165) is 16.9 Å². The van der Waals surface area contributed by atoms with E-state index in [0.29, 0.717) is 5.75 Å². The zero-order chi connectivity index (χ0) is 23.1. The van der Waals surface area contributed by atoms with Gasteiger partial charge in [0, 0.05) is 17.2 Å². The van der Waals surface area contributed by atoms with Crippen molar-refractivity contribution in [3.8, 4) is 11.5 Å². The van der Waals surface area contributed by atoms with Gasteiger partial charge in [-0.05, 0) is 37.3 Å². The lowest BCUT2D eigenvalue weighted by Gasteiger charge is -2.08. The Balaban J connectivity index is 0.000000479. The number of halogens is 4. The van der Waals surface area contributed by atoms with Crippen molar-refractivity contribution in [3.63, 3.8) is 0 Å². The van der Waals surface area contributed by atoms with E-state index < -0.39 is 21.6 Å². The van der Waals surface area contributed by atoms with Gasteiger partial charge in [-0.15, -0.1) is 0 Å². The number of carboxylic acid groups (broad SMARTS) is 1. The van der Waals surface area contributed by atoms with Crippen molar-refractivity contribution in [2.24, 2.45) is 0 Å². The number of aryl methyl sites for hydroxylation is 1. The highest BCUT2D eigenvalue weighted by molar-refractivity contribution is 7.86. The zero-order valence-electron chi connectivity index (χ0n) is 16.0. The summed E-state index contributed by atoms with van der Waals surface area (Å²) in [6, 6.07) is 12.0. The van der Waals surface area contributed by atoms with Crippen LogP contribution in [0.1, 0.15) is 11.1 Å². The SMILES string of the molecule is COc1ccc([I+]c2cc(OC)c(CC(=O)O)cc2C)cc1.O=S(=O)([O-])C(F)(F)F. The topological polar surface area (TPSA) is 113 Å². The predicted octanol–water partition coefficient (Wildman–Crippen LogP) is -0.181. The molecule has 0 radical (unpaired) electrons. The van der Waals surface area contributed by atoms with Gasteiger partial charge in [-0.1, -0.05) is 0 Å². The quantitative estimate of drug-likeness (QED) is 0.296. The highest BCUT2D eigenvalue weighted by Gasteiger charge is 2.36. The lowest BCUT2D eigenvalue weighted by atomic mass is 10.1. The Hall–Kier alpha value is -2.06. The molecule has 0 amide bonds. The minimum absolute atomic E-state index is 0.0227. The summed E-state index contributed by atoms with van der Waals surface area (Å²) in [7, 11) is -2.86. The molecule has 7 nitrogen and oxygen atoms in total. The molecule has 1 N–H and O–H groups in total. The number of rotatable bonds is 6. The lowest BCUT2D eigenvalue weighted by molar-refractivity contribution is -0.598. The van der Waals surface area contributed by atoms with Crippen molar-refractivity contribution in [2.75, 3.05) is 14.2 Å². The highest BCUT2D eigenvalue weighted by Crippen LogP contribution is 2.21. The zero-order valence-corrected chi connectivity index (χ0v) is 19.0. The van der Waals surface area contributed by atoms with Crippen molar-refractivity contribution >= 4 is 16.1 Å². The molecule has 0 atom stereocenters. The van der Waals surface area contributed by atoms with Crippen LogP contribution in [-0.2, 0) is 21.3 Å². The van der Waals surface area contributed by atoms with Crippen LogP contribution in [0.3, 0.4) is 0 Å². The van der Waals surface area contributed by atoms with E-state index in [9.17, 15) is 18.0 Å². The number of aliphatic carboxylic acids is 1. The molecule has 166 valence electrons. The van der Waals surface area contributed by atoms with E-state index in [1.807, 2.05) is 31.2 Å². The van der Waals surface area contributed by atoms with Crippen LogP contribution in [0.25, 0.3) is 0 Å². The maximum absolute atomic E-state index is 10.9. The number of ether oxygens (including phenoxy) is 2. The fourth-order valence-electron chi connectivity index (χ4n) is 2.07. The fraction of sp³-hybridized carbons (Fsp3) is 0.278. The highest BCUT2D eigenvalue weighted by atomic mass is 127. The van der Waals surface area contributed by atoms with Crippen molar-refractivity contribution in [1.82, 2.24) is 0 Å². The summed E-state index contributed by atoms with van der Waals surface area (Å²) >= 11 is -0.351. The van der Waals surface area contributed by atoms with Crippen LogP contribution in [0, 0.1) is 14.1 Å². The standard InChI is InChI=1S/C17H17IO4.CHF3O3S/c1-11-8-12(9-17(19)20)16(22-3)10-15(11)18-13-4-6-14(21-2)7-5-13;2-1(3,4)8(5,6)7/h4-8,10H,9H2,1-3H3;(H,5,6,7). The smallest absolute Gasteiger partial charge is 0.485 e. The molecule has 0 aliphatic heterocycles. The number of carbonyl (C=O) groups is 1. The largest absolute Gasteiger partial charge is 0.741 e. The summed E-state index contributed by atoms with van der Waals surface area (Å²) in [4.78, 5) is 10.9. The van der Waals surface area contributed by atoms with Crippen molar-refractivity contribution in [2.45, 2.75) is 18.9 Å². The molecule has 0 aromatic heterocycles. The first-order chi connectivity index (χ1) is 13.8. The van der Waals surface area contributed by atoms with Gasteiger partial charge in [0.2, 0.25) is 3.57 Å². The van der Waals surface area contributed by atoms with E-state index in [1.165, 1.54) is 7.14 Å². The van der Waals surface area contributed by atoms with E-state index in [4.69, 9.17) is 27.6 Å². The van der Waals surface area contributed by atoms with Crippen molar-refractivity contribution in [3.05, 3.63) is 54.7 Å². The van der Waals surface area contributed by atoms with Crippen LogP contribution in [0.15, 0.2) is 36.4 Å². The Morgan fingerprint density at radius 2 is 1.67 bits per heavy atom. The summed E-state index contributed by atoms with van der Waals surface area (Å²) < 4.78 is 71.9. The van der Waals surface area contributed by atoms with E-state index >= 15 is 0 Å². The summed E-state index contributed by atoms with van der Waals surface area (Å²) in [6.07, 6.45) is -0.0227. The molecule has 12 heteroatoms. The van der Waals surface area contributed by atoms with Crippen LogP contribution in [0.5, 0.6) is 11.5 Å². The Kier molecular flexibility index (Phi) is 9.36. The van der Waals surface area contributed by atoms with Crippen LogP contribution in [0.2, 0.25) is 0 Å². The van der Waals surface area contributed by atoms with Gasteiger partial charge in [0.1, 0.15) is 11.5 Å². The van der Waals surface area contributed by atoms with Crippen LogP contribution in [-0.4, -0.2) is 43.8 Å². The third-order valence-corrected chi connectivity index (χ3v) is 7.10. The first-order valence-corrected chi connectivity index (χ1v) is 11.6. The first-order valence-electron chi connectivity index (χ1n) is 7.98. The fourth-order valence-corrected chi connectivity index (χ4v) is 4.48. The number of hydrogen-bond donors (Lipinski definition) is 1. The second-order valence-corrected chi connectivity index (χ2v) is 9.95. The van der Waals surface area contributed by atoms with Gasteiger partial charge in [-0.2, -0.15) is 13.2 Å². The Labute approximate surface area is 181 Å². The third-order valence-electron chi connectivity index (χ3n) is 3.45. The summed E-state index contributed by atoms with van der Waals surface area (Å²) in [5, 5.41) is 8.97. The molecule has 2 rings (SSSR count). The Bertz CT molecular complexity index is 975. The van der Waals surface area contributed by atoms with Gasteiger partial charge < -0.3 is 19.1 Å². The van der Waals surface area contributed by atoms with Crippen LogP contribution >= 0.6 is 0 Å². The van der Waals surface area contributed by atoms with Gasteiger partial charge in [0.25, 0.3) is 0 Å². The molecule has 30 heavy (non-hydrogen) atoms. The van der Waals surface area contributed by atoms with Gasteiger partial charge >= 0.3 is 32.7 Å². The average molecular weight is 562 g/mol. The van der Waals surface area contributed by atoms with Gasteiger partial charge in [-0.3, -0.25) is 4.79 Å². The molecule has 0 aliphatic carbocycles. The number of methoxy groups -OCH3 is 2. The maximum Gasteiger partial charge on any atom is 0.485 e. The van der Waals surface area contributed by atoms with Crippen LogP contribution in [0.4, 0.5) is 13.2 Å². The normalized spacial score (nSPS) is 11.3. The molecule has 0 aliphatic rings. The third kappa shape index (κ3) is 7.99. The van der Waals surface area contributed by atoms with Gasteiger partial charge in [0.05, 0.1) is 20.6 Å². The molecule has 0 saturated heterocycles. The van der Waals surface area contributed by atoms with E-state index in [2.05, 4.69) is 12.1 Å². The Morgan fingerprint density at radius 1 is 1.13 bits per heavy atom. The minimum Gasteiger partial charge on any atom is -0.741 e. The minimum atomic E-state index is -6.09. The summed E-state index contributed by atoms with van der Waals surface area (Å²) in [6.45, 7) is 2.02. The molecule has 0 fully saturated rings. The molecular weight excluding hydrogens is 544 g/mol. The summed E-state index contributed by atoms with van der Waals surface area (Å²) in [5.41, 5.74) is -3.82. The number of alkyl halides is 3. The molecule has 0 unspecified atom stereocenters. The second kappa shape index (κ2) is 10.8. The van der Waals surface area contributed by atoms with Gasteiger partial charge in [-0.25, -0.2) is 8.42 Å². The first kappa shape index (κ1) is 26.0. The van der Waals surface area contributed by atoms with Gasteiger partial charge in [0.15, 0.2) is 13.7 Å². The average Bonchev–Trinajstić information content (AvgIpc) is 2.63. The number of hydrogen-bond acceptors (Lipinski definition) is 6.